The molecule has 29 heavy (non-hydrogen) atoms. The number of benzene rings is 2. The van der Waals surface area contributed by atoms with Gasteiger partial charge in [0.1, 0.15) is 0 Å². The zero-order valence-electron chi connectivity index (χ0n) is 17.7. The van der Waals surface area contributed by atoms with Crippen molar-refractivity contribution >= 4 is 11.8 Å². The molecule has 2 atom stereocenters. The number of unbranched alkanes of at least 4 members (excludes halogenated alkanes) is 6. The molecule has 0 heterocycles. The highest BCUT2D eigenvalue weighted by Crippen LogP contribution is 2.21. The van der Waals surface area contributed by atoms with Crippen LogP contribution in [0.3, 0.4) is 0 Å². The van der Waals surface area contributed by atoms with Gasteiger partial charge in [-0.1, -0.05) is 99.2 Å². The van der Waals surface area contributed by atoms with Crippen LogP contribution in [0.25, 0.3) is 0 Å². The second kappa shape index (κ2) is 15.5. The first-order valence-corrected chi connectivity index (χ1v) is 12.5. The molecule has 160 valence electrons. The number of hydrogen-bond donors (Lipinski definition) is 2. The number of rotatable bonds is 16. The van der Waals surface area contributed by atoms with Crippen LogP contribution in [0.4, 0.5) is 0 Å². The van der Waals surface area contributed by atoms with Crippen LogP contribution in [0, 0.1) is 0 Å². The van der Waals surface area contributed by atoms with Crippen LogP contribution in [0.2, 0.25) is 0 Å². The number of hydrogen-bond acceptors (Lipinski definition) is 3. The minimum absolute atomic E-state index is 0.306. The standard InChI is InChI=1S/C26H38O2S/c27-25(23-15-7-5-8-16-23)19-11-1-3-13-21-29-22-14-4-2-12-20-26(28)24-17-9-6-10-18-24/h5-10,15-18,25-28H,1-4,11-14,19-22H2. The van der Waals surface area contributed by atoms with Crippen molar-refractivity contribution in [3.8, 4) is 0 Å². The molecule has 0 bridgehead atoms. The van der Waals surface area contributed by atoms with Gasteiger partial charge < -0.3 is 10.2 Å². The van der Waals surface area contributed by atoms with Gasteiger partial charge in [0.2, 0.25) is 0 Å². The number of thioether (sulfide) groups is 1. The first-order chi connectivity index (χ1) is 14.3. The Hall–Kier alpha value is -1.29. The lowest BCUT2D eigenvalue weighted by molar-refractivity contribution is 0.163. The lowest BCUT2D eigenvalue weighted by Gasteiger charge is -2.10. The molecule has 0 aromatic heterocycles. The molecular weight excluding hydrogens is 376 g/mol. The molecule has 0 aliphatic carbocycles. The van der Waals surface area contributed by atoms with E-state index in [9.17, 15) is 10.2 Å². The third kappa shape index (κ3) is 10.9. The Balaban J connectivity index is 1.33. The van der Waals surface area contributed by atoms with Gasteiger partial charge in [0.25, 0.3) is 0 Å². The van der Waals surface area contributed by atoms with Crippen LogP contribution in [-0.2, 0) is 0 Å². The van der Waals surface area contributed by atoms with Crippen molar-refractivity contribution in [3.63, 3.8) is 0 Å². The van der Waals surface area contributed by atoms with E-state index in [-0.39, 0.29) is 12.2 Å². The largest absolute Gasteiger partial charge is 0.388 e. The van der Waals surface area contributed by atoms with Gasteiger partial charge in [0, 0.05) is 0 Å². The minimum Gasteiger partial charge on any atom is -0.388 e. The summed E-state index contributed by atoms with van der Waals surface area (Å²) in [4.78, 5) is 0. The van der Waals surface area contributed by atoms with Crippen molar-refractivity contribution in [1.29, 1.82) is 0 Å². The Labute approximate surface area is 181 Å². The molecular formula is C26H38O2S. The maximum absolute atomic E-state index is 10.2. The van der Waals surface area contributed by atoms with E-state index < -0.39 is 0 Å². The molecule has 2 rings (SSSR count). The van der Waals surface area contributed by atoms with Crippen molar-refractivity contribution in [2.45, 2.75) is 76.4 Å². The molecule has 0 fully saturated rings. The maximum atomic E-state index is 10.2. The summed E-state index contributed by atoms with van der Waals surface area (Å²) >= 11 is 2.08. The van der Waals surface area contributed by atoms with Gasteiger partial charge in [-0.3, -0.25) is 0 Å². The summed E-state index contributed by atoms with van der Waals surface area (Å²) in [6, 6.07) is 20.0. The topological polar surface area (TPSA) is 40.5 Å². The van der Waals surface area contributed by atoms with E-state index in [1.807, 2.05) is 60.7 Å². The highest BCUT2D eigenvalue weighted by molar-refractivity contribution is 7.99. The quantitative estimate of drug-likeness (QED) is 0.288. The second-order valence-corrected chi connectivity index (χ2v) is 9.10. The molecule has 0 radical (unpaired) electrons. The fourth-order valence-corrected chi connectivity index (χ4v) is 4.60. The van der Waals surface area contributed by atoms with E-state index in [4.69, 9.17) is 0 Å². The van der Waals surface area contributed by atoms with Crippen LogP contribution >= 0.6 is 11.8 Å². The van der Waals surface area contributed by atoms with Crippen LogP contribution < -0.4 is 0 Å². The van der Waals surface area contributed by atoms with Gasteiger partial charge in [0.15, 0.2) is 0 Å². The van der Waals surface area contributed by atoms with E-state index >= 15 is 0 Å². The van der Waals surface area contributed by atoms with Crippen LogP contribution in [0.15, 0.2) is 60.7 Å². The average molecular weight is 415 g/mol. The van der Waals surface area contributed by atoms with Gasteiger partial charge >= 0.3 is 0 Å². The summed E-state index contributed by atoms with van der Waals surface area (Å²) in [5.74, 6) is 2.52. The van der Waals surface area contributed by atoms with Crippen molar-refractivity contribution in [2.24, 2.45) is 0 Å². The fraction of sp³-hybridized carbons (Fsp3) is 0.538. The lowest BCUT2D eigenvalue weighted by atomic mass is 10.0. The average Bonchev–Trinajstić information content (AvgIpc) is 2.77. The van der Waals surface area contributed by atoms with E-state index in [0.717, 1.165) is 36.8 Å². The highest BCUT2D eigenvalue weighted by atomic mass is 32.2. The zero-order chi connectivity index (χ0) is 20.6. The van der Waals surface area contributed by atoms with Gasteiger partial charge in [-0.15, -0.1) is 0 Å². The monoisotopic (exact) mass is 414 g/mol. The predicted molar refractivity (Wildman–Crippen MR) is 126 cm³/mol. The molecule has 0 aliphatic heterocycles. The summed E-state index contributed by atoms with van der Waals surface area (Å²) in [5.41, 5.74) is 2.08. The SMILES string of the molecule is OC(CCCCCCSCCCCCCC(O)c1ccccc1)c1ccccc1. The van der Waals surface area contributed by atoms with E-state index in [1.54, 1.807) is 0 Å². The Morgan fingerprint density at radius 2 is 0.897 bits per heavy atom. The van der Waals surface area contributed by atoms with Crippen molar-refractivity contribution < 1.29 is 10.2 Å². The molecule has 2 N–H and O–H groups in total. The summed E-state index contributed by atoms with van der Waals surface area (Å²) < 4.78 is 0. The molecule has 0 saturated carbocycles. The Bertz CT molecular complexity index is 562. The van der Waals surface area contributed by atoms with Crippen LogP contribution in [0.1, 0.15) is 87.5 Å². The normalized spacial score (nSPS) is 13.3. The van der Waals surface area contributed by atoms with Crippen LogP contribution in [0.5, 0.6) is 0 Å². The van der Waals surface area contributed by atoms with E-state index in [2.05, 4.69) is 11.8 Å². The van der Waals surface area contributed by atoms with Crippen LogP contribution in [-0.4, -0.2) is 21.7 Å². The molecule has 0 spiro atoms. The molecule has 2 nitrogen and oxygen atoms in total. The molecule has 2 aromatic rings. The number of aliphatic hydroxyl groups is 2. The fourth-order valence-electron chi connectivity index (χ4n) is 3.58. The van der Waals surface area contributed by atoms with Gasteiger partial charge in [-0.05, 0) is 48.3 Å². The van der Waals surface area contributed by atoms with E-state index in [0.29, 0.717) is 0 Å². The first kappa shape index (κ1) is 24.0. The summed E-state index contributed by atoms with van der Waals surface area (Å²) in [6.45, 7) is 0. The maximum Gasteiger partial charge on any atom is 0.0790 e. The predicted octanol–water partition coefficient (Wildman–Crippen LogP) is 7.09. The molecule has 2 aromatic carbocycles. The van der Waals surface area contributed by atoms with Crippen molar-refractivity contribution in [1.82, 2.24) is 0 Å². The van der Waals surface area contributed by atoms with E-state index in [1.165, 1.54) is 50.0 Å². The molecule has 0 aliphatic rings. The first-order valence-electron chi connectivity index (χ1n) is 11.3. The third-order valence-electron chi connectivity index (χ3n) is 5.40. The summed E-state index contributed by atoms with van der Waals surface area (Å²) in [5, 5.41) is 20.3. The Morgan fingerprint density at radius 3 is 1.31 bits per heavy atom. The molecule has 3 heteroatoms. The molecule has 0 amide bonds. The molecule has 2 unspecified atom stereocenters. The third-order valence-corrected chi connectivity index (χ3v) is 6.56. The summed E-state index contributed by atoms with van der Waals surface area (Å²) in [7, 11) is 0. The van der Waals surface area contributed by atoms with Crippen molar-refractivity contribution in [2.75, 3.05) is 11.5 Å². The van der Waals surface area contributed by atoms with Gasteiger partial charge in [-0.25, -0.2) is 0 Å². The van der Waals surface area contributed by atoms with Gasteiger partial charge in [0.05, 0.1) is 12.2 Å². The van der Waals surface area contributed by atoms with Gasteiger partial charge in [-0.2, -0.15) is 11.8 Å². The lowest BCUT2D eigenvalue weighted by Crippen LogP contribution is -1.97. The Morgan fingerprint density at radius 1 is 0.517 bits per heavy atom. The second-order valence-electron chi connectivity index (χ2n) is 7.87. The molecule has 0 saturated heterocycles. The Kier molecular flexibility index (Phi) is 12.8. The highest BCUT2D eigenvalue weighted by Gasteiger charge is 2.06. The number of aliphatic hydroxyl groups excluding tert-OH is 2. The van der Waals surface area contributed by atoms with Crippen molar-refractivity contribution in [3.05, 3.63) is 71.8 Å². The zero-order valence-corrected chi connectivity index (χ0v) is 18.5. The minimum atomic E-state index is -0.306. The summed E-state index contributed by atoms with van der Waals surface area (Å²) in [6.07, 6.45) is 10.9. The smallest absolute Gasteiger partial charge is 0.0790 e.